The van der Waals surface area contributed by atoms with E-state index in [0.29, 0.717) is 6.54 Å². The molecule has 0 aromatic carbocycles. The molecule has 1 aromatic heterocycles. The summed E-state index contributed by atoms with van der Waals surface area (Å²) in [4.78, 5) is 4.24. The molecular formula is C9H15F3N2O. The van der Waals surface area contributed by atoms with E-state index in [-0.39, 0.29) is 6.61 Å². The zero-order valence-electron chi connectivity index (χ0n) is 8.71. The molecule has 15 heavy (non-hydrogen) atoms. The van der Waals surface area contributed by atoms with Gasteiger partial charge >= 0.3 is 6.18 Å². The van der Waals surface area contributed by atoms with Crippen molar-refractivity contribution in [3.8, 4) is 0 Å². The lowest BCUT2D eigenvalue weighted by molar-refractivity contribution is -0.137. The fourth-order valence-corrected chi connectivity index (χ4v) is 0.906. The minimum atomic E-state index is -4.28. The van der Waals surface area contributed by atoms with Gasteiger partial charge < -0.3 is 9.40 Å². The zero-order valence-corrected chi connectivity index (χ0v) is 8.71. The van der Waals surface area contributed by atoms with Gasteiger partial charge in [0.25, 0.3) is 0 Å². The van der Waals surface area contributed by atoms with Crippen LogP contribution in [0.3, 0.4) is 0 Å². The number of aromatic nitrogens is 1. The fourth-order valence-electron chi connectivity index (χ4n) is 0.906. The quantitative estimate of drug-likeness (QED) is 0.801. The Kier molecular flexibility index (Phi) is 6.03. The predicted octanol–water partition coefficient (Wildman–Crippen LogP) is 2.42. The monoisotopic (exact) mass is 224 g/mol. The highest BCUT2D eigenvalue weighted by atomic mass is 19.4. The second-order valence-corrected chi connectivity index (χ2v) is 2.51. The van der Waals surface area contributed by atoms with Crippen LogP contribution in [-0.2, 0) is 17.6 Å². The topological polar surface area (TPSA) is 40.2 Å². The molecule has 0 aliphatic rings. The standard InChI is InChI=1S/C7H9F3N2O.C2H6/c8-7(9,10)6-1-2-12(5-6)3-4-13-11;1-2/h1-2,5H,3-4,11H2;1-2H3. The summed E-state index contributed by atoms with van der Waals surface area (Å²) in [6, 6.07) is 1.01. The molecule has 1 aromatic rings. The third-order valence-electron chi connectivity index (χ3n) is 1.55. The van der Waals surface area contributed by atoms with Crippen LogP contribution in [-0.4, -0.2) is 11.2 Å². The van der Waals surface area contributed by atoms with E-state index in [1.165, 1.54) is 10.8 Å². The van der Waals surface area contributed by atoms with E-state index < -0.39 is 11.7 Å². The van der Waals surface area contributed by atoms with Crippen LogP contribution in [0.5, 0.6) is 0 Å². The summed E-state index contributed by atoms with van der Waals surface area (Å²) >= 11 is 0. The van der Waals surface area contributed by atoms with Gasteiger partial charge in [-0.3, -0.25) is 0 Å². The van der Waals surface area contributed by atoms with Crippen LogP contribution >= 0.6 is 0 Å². The van der Waals surface area contributed by atoms with Gasteiger partial charge in [0.05, 0.1) is 12.2 Å². The summed E-state index contributed by atoms with van der Waals surface area (Å²) in [6.45, 7) is 4.50. The molecule has 0 saturated heterocycles. The Hall–Kier alpha value is -1.01. The molecule has 3 nitrogen and oxygen atoms in total. The average Bonchev–Trinajstić information content (AvgIpc) is 2.65. The summed E-state index contributed by atoms with van der Waals surface area (Å²) in [6.07, 6.45) is -1.93. The van der Waals surface area contributed by atoms with Crippen molar-refractivity contribution in [1.82, 2.24) is 4.57 Å². The van der Waals surface area contributed by atoms with Gasteiger partial charge in [-0.25, -0.2) is 5.90 Å². The number of nitrogens with two attached hydrogens (primary N) is 1. The zero-order chi connectivity index (χ0) is 11.9. The molecule has 0 saturated carbocycles. The molecule has 1 heterocycles. The van der Waals surface area contributed by atoms with Crippen molar-refractivity contribution in [2.45, 2.75) is 26.6 Å². The summed E-state index contributed by atoms with van der Waals surface area (Å²) in [7, 11) is 0. The first-order valence-electron chi connectivity index (χ1n) is 4.58. The van der Waals surface area contributed by atoms with Gasteiger partial charge in [-0.2, -0.15) is 13.2 Å². The smallest absolute Gasteiger partial charge is 0.351 e. The third kappa shape index (κ3) is 4.85. The van der Waals surface area contributed by atoms with Gasteiger partial charge in [0.1, 0.15) is 0 Å². The highest BCUT2D eigenvalue weighted by Gasteiger charge is 2.31. The van der Waals surface area contributed by atoms with Crippen molar-refractivity contribution < 1.29 is 18.0 Å². The lowest BCUT2D eigenvalue weighted by atomic mass is 10.3. The van der Waals surface area contributed by atoms with Crippen LogP contribution in [0.1, 0.15) is 19.4 Å². The number of hydrogen-bond donors (Lipinski definition) is 1. The molecule has 0 amide bonds. The van der Waals surface area contributed by atoms with Crippen molar-refractivity contribution in [3.05, 3.63) is 24.0 Å². The van der Waals surface area contributed by atoms with E-state index in [9.17, 15) is 13.2 Å². The van der Waals surface area contributed by atoms with Crippen molar-refractivity contribution >= 4 is 0 Å². The highest BCUT2D eigenvalue weighted by Crippen LogP contribution is 2.29. The molecule has 2 N–H and O–H groups in total. The molecule has 1 rings (SSSR count). The fraction of sp³-hybridized carbons (Fsp3) is 0.556. The maximum atomic E-state index is 12.1. The van der Waals surface area contributed by atoms with Gasteiger partial charge in [-0.05, 0) is 6.07 Å². The minimum Gasteiger partial charge on any atom is -0.351 e. The SMILES string of the molecule is CC.NOCCn1ccc(C(F)(F)F)c1. The van der Waals surface area contributed by atoms with E-state index in [1.807, 2.05) is 13.8 Å². The Morgan fingerprint density at radius 3 is 2.40 bits per heavy atom. The first-order valence-corrected chi connectivity index (χ1v) is 4.58. The second kappa shape index (κ2) is 6.47. The first-order chi connectivity index (χ1) is 7.04. The lowest BCUT2D eigenvalue weighted by Crippen LogP contribution is -2.08. The molecule has 0 aliphatic carbocycles. The van der Waals surface area contributed by atoms with Crippen molar-refractivity contribution in [2.24, 2.45) is 5.90 Å². The molecule has 0 aliphatic heterocycles. The molecule has 0 atom stereocenters. The molecule has 0 fully saturated rings. The van der Waals surface area contributed by atoms with Crippen LogP contribution in [0.4, 0.5) is 13.2 Å². The van der Waals surface area contributed by atoms with Crippen LogP contribution in [0, 0.1) is 0 Å². The molecule has 0 radical (unpaired) electrons. The Morgan fingerprint density at radius 1 is 1.40 bits per heavy atom. The van der Waals surface area contributed by atoms with Crippen molar-refractivity contribution in [2.75, 3.05) is 6.61 Å². The maximum absolute atomic E-state index is 12.1. The van der Waals surface area contributed by atoms with E-state index >= 15 is 0 Å². The largest absolute Gasteiger partial charge is 0.417 e. The molecule has 0 spiro atoms. The van der Waals surface area contributed by atoms with Crippen LogP contribution in [0.15, 0.2) is 18.5 Å². The first kappa shape index (κ1) is 14.0. The van der Waals surface area contributed by atoms with Crippen LogP contribution in [0.2, 0.25) is 0 Å². The number of nitrogens with zero attached hydrogens (tertiary/aromatic N) is 1. The number of rotatable bonds is 3. The Balaban J connectivity index is 0.000000921. The summed E-state index contributed by atoms with van der Waals surface area (Å²) < 4.78 is 37.5. The van der Waals surface area contributed by atoms with Gasteiger partial charge in [0.2, 0.25) is 0 Å². The molecule has 0 bridgehead atoms. The average molecular weight is 224 g/mol. The van der Waals surface area contributed by atoms with Gasteiger partial charge in [-0.1, -0.05) is 13.8 Å². The van der Waals surface area contributed by atoms with Crippen molar-refractivity contribution in [3.63, 3.8) is 0 Å². The summed E-state index contributed by atoms with van der Waals surface area (Å²) in [5.74, 6) is 4.73. The lowest BCUT2D eigenvalue weighted by Gasteiger charge is -2.02. The third-order valence-corrected chi connectivity index (χ3v) is 1.55. The maximum Gasteiger partial charge on any atom is 0.417 e. The minimum absolute atomic E-state index is 0.186. The normalized spacial score (nSPS) is 10.8. The molecule has 88 valence electrons. The van der Waals surface area contributed by atoms with E-state index in [2.05, 4.69) is 4.84 Å². The Bertz CT molecular complexity index is 271. The van der Waals surface area contributed by atoms with Gasteiger partial charge in [-0.15, -0.1) is 0 Å². The van der Waals surface area contributed by atoms with Crippen LogP contribution in [0.25, 0.3) is 0 Å². The van der Waals surface area contributed by atoms with Crippen molar-refractivity contribution in [1.29, 1.82) is 0 Å². The summed E-state index contributed by atoms with van der Waals surface area (Å²) in [5, 5.41) is 0. The number of halogens is 3. The van der Waals surface area contributed by atoms with E-state index in [1.54, 1.807) is 0 Å². The van der Waals surface area contributed by atoms with Crippen LogP contribution < -0.4 is 5.90 Å². The Labute approximate surface area is 86.6 Å². The molecule has 0 unspecified atom stereocenters. The molecular weight excluding hydrogens is 209 g/mol. The summed E-state index contributed by atoms with van der Waals surface area (Å²) in [5.41, 5.74) is -0.662. The second-order valence-electron chi connectivity index (χ2n) is 2.51. The number of alkyl halides is 3. The molecule has 6 heteroatoms. The van der Waals surface area contributed by atoms with Gasteiger partial charge in [0, 0.05) is 18.9 Å². The van der Waals surface area contributed by atoms with E-state index in [0.717, 1.165) is 12.3 Å². The predicted molar refractivity (Wildman–Crippen MR) is 50.9 cm³/mol. The van der Waals surface area contributed by atoms with E-state index in [4.69, 9.17) is 5.90 Å². The number of hydrogen-bond acceptors (Lipinski definition) is 2. The Morgan fingerprint density at radius 2 is 2.00 bits per heavy atom. The highest BCUT2D eigenvalue weighted by molar-refractivity contribution is 5.13. The van der Waals surface area contributed by atoms with Gasteiger partial charge in [0.15, 0.2) is 0 Å².